The van der Waals surface area contributed by atoms with Crippen molar-refractivity contribution in [3.05, 3.63) is 94.6 Å². The Morgan fingerprint density at radius 2 is 1.48 bits per heavy atom. The molecule has 4 nitrogen and oxygen atoms in total. The van der Waals surface area contributed by atoms with Crippen LogP contribution in [0.2, 0.25) is 0 Å². The molecule has 0 bridgehead atoms. The maximum absolute atomic E-state index is 14.4. The summed E-state index contributed by atoms with van der Waals surface area (Å²) < 4.78 is 38.3. The average Bonchev–Trinajstić information content (AvgIpc) is 2.74. The van der Waals surface area contributed by atoms with Crippen LogP contribution in [0.15, 0.2) is 60.7 Å². The van der Waals surface area contributed by atoms with E-state index < -0.39 is 29.1 Å². The number of rotatable bonds is 6. The molecule has 0 saturated heterocycles. The minimum Gasteiger partial charge on any atom is -0.423 e. The zero-order valence-corrected chi connectivity index (χ0v) is 16.7. The van der Waals surface area contributed by atoms with Crippen molar-refractivity contribution in [2.75, 3.05) is 0 Å². The van der Waals surface area contributed by atoms with Crippen molar-refractivity contribution in [2.45, 2.75) is 19.8 Å². The van der Waals surface area contributed by atoms with Crippen molar-refractivity contribution in [1.82, 2.24) is 0 Å². The van der Waals surface area contributed by atoms with E-state index in [0.29, 0.717) is 5.56 Å². The van der Waals surface area contributed by atoms with Crippen LogP contribution in [-0.4, -0.2) is 11.9 Å². The molecule has 31 heavy (non-hydrogen) atoms. The standard InChI is InChI=1S/C25H18F2O4/c1-3-5-16-6-8-18(9-7-16)24(28)30-20-12-13-21(23(27)15-20)25(29)31-19-11-10-17(4-2)22(26)14-19/h2,6-15H,3,5H2,1H3. The second-order valence-corrected chi connectivity index (χ2v) is 6.65. The van der Waals surface area contributed by atoms with Gasteiger partial charge < -0.3 is 9.47 Å². The van der Waals surface area contributed by atoms with E-state index in [1.807, 2.05) is 12.1 Å². The van der Waals surface area contributed by atoms with Crippen LogP contribution in [0.3, 0.4) is 0 Å². The lowest BCUT2D eigenvalue weighted by Gasteiger charge is -2.08. The number of hydrogen-bond donors (Lipinski definition) is 0. The van der Waals surface area contributed by atoms with Crippen LogP contribution in [-0.2, 0) is 6.42 Å². The number of carbonyl (C=O) groups excluding carboxylic acids is 2. The molecular formula is C25H18F2O4. The Hall–Kier alpha value is -3.98. The monoisotopic (exact) mass is 420 g/mol. The van der Waals surface area contributed by atoms with Gasteiger partial charge in [-0.15, -0.1) is 6.42 Å². The van der Waals surface area contributed by atoms with E-state index in [1.54, 1.807) is 12.1 Å². The molecule has 0 aliphatic rings. The summed E-state index contributed by atoms with van der Waals surface area (Å²) in [5.74, 6) is -1.42. The minimum atomic E-state index is -1.03. The molecule has 0 N–H and O–H groups in total. The number of terminal acetylenes is 1. The summed E-state index contributed by atoms with van der Waals surface area (Å²) in [7, 11) is 0. The van der Waals surface area contributed by atoms with Gasteiger partial charge >= 0.3 is 11.9 Å². The smallest absolute Gasteiger partial charge is 0.346 e. The van der Waals surface area contributed by atoms with Crippen molar-refractivity contribution < 1.29 is 27.8 Å². The highest BCUT2D eigenvalue weighted by Crippen LogP contribution is 2.22. The number of carbonyl (C=O) groups is 2. The van der Waals surface area contributed by atoms with Gasteiger partial charge in [0.25, 0.3) is 0 Å². The molecule has 0 spiro atoms. The molecule has 0 saturated carbocycles. The molecule has 0 unspecified atom stereocenters. The van der Waals surface area contributed by atoms with Crippen LogP contribution >= 0.6 is 0 Å². The van der Waals surface area contributed by atoms with Gasteiger partial charge in [0, 0.05) is 12.1 Å². The fourth-order valence-corrected chi connectivity index (χ4v) is 2.83. The van der Waals surface area contributed by atoms with Gasteiger partial charge in [0.05, 0.1) is 16.7 Å². The zero-order chi connectivity index (χ0) is 22.4. The normalized spacial score (nSPS) is 10.3. The van der Waals surface area contributed by atoms with Crippen molar-refractivity contribution in [2.24, 2.45) is 0 Å². The molecule has 3 aromatic rings. The fourth-order valence-electron chi connectivity index (χ4n) is 2.83. The van der Waals surface area contributed by atoms with Gasteiger partial charge in [-0.2, -0.15) is 0 Å². The Morgan fingerprint density at radius 3 is 2.06 bits per heavy atom. The molecule has 156 valence electrons. The molecule has 0 aliphatic heterocycles. The molecule has 0 fully saturated rings. The number of esters is 2. The predicted molar refractivity (Wildman–Crippen MR) is 111 cm³/mol. The third-order valence-electron chi connectivity index (χ3n) is 4.41. The van der Waals surface area contributed by atoms with E-state index in [2.05, 4.69) is 12.8 Å². The molecule has 3 rings (SSSR count). The summed E-state index contributed by atoms with van der Waals surface area (Å²) in [4.78, 5) is 24.5. The highest BCUT2D eigenvalue weighted by Gasteiger charge is 2.17. The summed E-state index contributed by atoms with van der Waals surface area (Å²) in [6, 6.07) is 13.7. The second-order valence-electron chi connectivity index (χ2n) is 6.65. The first-order valence-corrected chi connectivity index (χ1v) is 9.50. The van der Waals surface area contributed by atoms with Gasteiger partial charge in [-0.1, -0.05) is 31.4 Å². The number of ether oxygens (including phenoxy) is 2. The number of halogens is 2. The van der Waals surface area contributed by atoms with Crippen molar-refractivity contribution in [3.8, 4) is 23.8 Å². The lowest BCUT2D eigenvalue weighted by atomic mass is 10.1. The van der Waals surface area contributed by atoms with Crippen LogP contribution in [0.25, 0.3) is 0 Å². The third kappa shape index (κ3) is 5.34. The SMILES string of the molecule is C#Cc1ccc(OC(=O)c2ccc(OC(=O)c3ccc(CCC)cc3)cc2F)cc1F. The molecule has 6 heteroatoms. The first-order chi connectivity index (χ1) is 14.9. The highest BCUT2D eigenvalue weighted by atomic mass is 19.1. The van der Waals surface area contributed by atoms with Crippen LogP contribution in [0.5, 0.6) is 11.5 Å². The van der Waals surface area contributed by atoms with Gasteiger partial charge in [-0.3, -0.25) is 0 Å². The van der Waals surface area contributed by atoms with E-state index >= 15 is 0 Å². The Kier molecular flexibility index (Phi) is 6.78. The maximum Gasteiger partial charge on any atom is 0.346 e. The first kappa shape index (κ1) is 21.7. The summed E-state index contributed by atoms with van der Waals surface area (Å²) in [5, 5.41) is 0. The molecule has 0 aliphatic carbocycles. The fraction of sp³-hybridized carbons (Fsp3) is 0.120. The predicted octanol–water partition coefficient (Wildman–Crippen LogP) is 5.34. The molecular weight excluding hydrogens is 402 g/mol. The lowest BCUT2D eigenvalue weighted by Crippen LogP contribution is -2.12. The Labute approximate surface area is 178 Å². The van der Waals surface area contributed by atoms with E-state index in [1.165, 1.54) is 18.2 Å². The largest absolute Gasteiger partial charge is 0.423 e. The van der Waals surface area contributed by atoms with Crippen molar-refractivity contribution >= 4 is 11.9 Å². The quantitative estimate of drug-likeness (QED) is 0.307. The number of aryl methyl sites for hydroxylation is 1. The van der Waals surface area contributed by atoms with Crippen molar-refractivity contribution in [3.63, 3.8) is 0 Å². The van der Waals surface area contributed by atoms with Crippen molar-refractivity contribution in [1.29, 1.82) is 0 Å². The van der Waals surface area contributed by atoms with Gasteiger partial charge in [0.15, 0.2) is 0 Å². The van der Waals surface area contributed by atoms with Gasteiger partial charge in [0.1, 0.15) is 23.1 Å². The Balaban J connectivity index is 1.69. The molecule has 3 aromatic carbocycles. The van der Waals surface area contributed by atoms with E-state index in [-0.39, 0.29) is 17.1 Å². The van der Waals surface area contributed by atoms with Gasteiger partial charge in [-0.05, 0) is 48.4 Å². The number of hydrogen-bond acceptors (Lipinski definition) is 4. The second kappa shape index (κ2) is 9.68. The third-order valence-corrected chi connectivity index (χ3v) is 4.41. The van der Waals surface area contributed by atoms with E-state index in [9.17, 15) is 18.4 Å². The van der Waals surface area contributed by atoms with Crippen LogP contribution in [0, 0.1) is 24.0 Å². The summed E-state index contributed by atoms with van der Waals surface area (Å²) in [6.45, 7) is 2.06. The van der Waals surface area contributed by atoms with Crippen LogP contribution in [0.4, 0.5) is 8.78 Å². The van der Waals surface area contributed by atoms with Gasteiger partial charge in [-0.25, -0.2) is 18.4 Å². The molecule has 0 heterocycles. The van der Waals surface area contributed by atoms with Crippen LogP contribution in [0.1, 0.15) is 45.2 Å². The summed E-state index contributed by atoms with van der Waals surface area (Å²) >= 11 is 0. The van der Waals surface area contributed by atoms with E-state index in [0.717, 1.165) is 36.6 Å². The van der Waals surface area contributed by atoms with E-state index in [4.69, 9.17) is 15.9 Å². The summed E-state index contributed by atoms with van der Waals surface area (Å²) in [5.41, 5.74) is 1.03. The highest BCUT2D eigenvalue weighted by molar-refractivity contribution is 5.93. The average molecular weight is 420 g/mol. The molecule has 0 amide bonds. The molecule has 0 radical (unpaired) electrons. The van der Waals surface area contributed by atoms with Crippen LogP contribution < -0.4 is 9.47 Å². The lowest BCUT2D eigenvalue weighted by molar-refractivity contribution is 0.0728. The Morgan fingerprint density at radius 1 is 0.871 bits per heavy atom. The summed E-state index contributed by atoms with van der Waals surface area (Å²) in [6.07, 6.45) is 7.02. The molecule has 0 aromatic heterocycles. The minimum absolute atomic E-state index is 0.0113. The zero-order valence-electron chi connectivity index (χ0n) is 16.7. The topological polar surface area (TPSA) is 52.6 Å². The van der Waals surface area contributed by atoms with Gasteiger partial charge in [0.2, 0.25) is 0 Å². The molecule has 0 atom stereocenters. The Bertz CT molecular complexity index is 1160. The maximum atomic E-state index is 14.4. The first-order valence-electron chi connectivity index (χ1n) is 9.50. The number of benzene rings is 3.